The van der Waals surface area contributed by atoms with E-state index in [0.717, 1.165) is 4.31 Å². The Morgan fingerprint density at radius 1 is 1.07 bits per heavy atom. The number of nitrogens with one attached hydrogen (secondary N) is 1. The van der Waals surface area contributed by atoms with Crippen molar-refractivity contribution in [1.29, 1.82) is 0 Å². The number of carbonyl (C=O) groups excluding carboxylic acids is 1. The molecule has 0 aliphatic carbocycles. The summed E-state index contributed by atoms with van der Waals surface area (Å²) in [6, 6.07) is 17.3. The van der Waals surface area contributed by atoms with E-state index in [4.69, 9.17) is 4.42 Å². The number of furan rings is 1. The lowest BCUT2D eigenvalue weighted by atomic mass is 10.2. The molecule has 0 radical (unpaired) electrons. The van der Waals surface area contributed by atoms with Gasteiger partial charge in [0.1, 0.15) is 11.5 Å². The van der Waals surface area contributed by atoms with Gasteiger partial charge in [0.2, 0.25) is 10.0 Å². The number of nitrogens with zero attached hydrogens (tertiary/aromatic N) is 2. The zero-order valence-electron chi connectivity index (χ0n) is 15.3. The molecule has 0 aliphatic heterocycles. The molecule has 1 aromatic heterocycles. The van der Waals surface area contributed by atoms with Crippen LogP contribution in [0.2, 0.25) is 0 Å². The molecule has 2 N–H and O–H groups in total. The Kier molecular flexibility index (Phi) is 6.43. The number of hydrogen-bond acceptors (Lipinski definition) is 6. The number of hydrogen-bond donors (Lipinski definition) is 2. The summed E-state index contributed by atoms with van der Waals surface area (Å²) >= 11 is 0. The molecule has 29 heavy (non-hydrogen) atoms. The summed E-state index contributed by atoms with van der Waals surface area (Å²) in [6.07, 6.45) is 2.82. The van der Waals surface area contributed by atoms with Crippen LogP contribution in [-0.4, -0.2) is 36.5 Å². The van der Waals surface area contributed by atoms with Crippen LogP contribution in [0, 0.1) is 0 Å². The second-order valence-corrected chi connectivity index (χ2v) is 7.99. The van der Waals surface area contributed by atoms with Gasteiger partial charge in [-0.25, -0.2) is 13.8 Å². The number of hydrazone groups is 1. The van der Waals surface area contributed by atoms with E-state index in [0.29, 0.717) is 11.3 Å². The van der Waals surface area contributed by atoms with Crippen molar-refractivity contribution >= 4 is 22.1 Å². The predicted octanol–water partition coefficient (Wildman–Crippen LogP) is 2.33. The van der Waals surface area contributed by atoms with Crippen LogP contribution in [0.3, 0.4) is 0 Å². The molecule has 1 amide bonds. The van der Waals surface area contributed by atoms with E-state index in [-0.39, 0.29) is 17.2 Å². The summed E-state index contributed by atoms with van der Waals surface area (Å²) in [5.74, 6) is -0.0816. The van der Waals surface area contributed by atoms with Crippen LogP contribution in [0.25, 0.3) is 0 Å². The maximum atomic E-state index is 13.0. The lowest BCUT2D eigenvalue weighted by Crippen LogP contribution is -2.38. The maximum absolute atomic E-state index is 13.0. The molecule has 0 bridgehead atoms. The average Bonchev–Trinajstić information content (AvgIpc) is 3.23. The van der Waals surface area contributed by atoms with Gasteiger partial charge in [-0.05, 0) is 54.1 Å². The summed E-state index contributed by atoms with van der Waals surface area (Å²) < 4.78 is 32.2. The van der Waals surface area contributed by atoms with E-state index in [9.17, 15) is 18.3 Å². The number of phenols is 1. The van der Waals surface area contributed by atoms with E-state index in [1.165, 1.54) is 36.7 Å². The van der Waals surface area contributed by atoms with Gasteiger partial charge >= 0.3 is 0 Å². The fourth-order valence-electron chi connectivity index (χ4n) is 2.48. The van der Waals surface area contributed by atoms with Gasteiger partial charge < -0.3 is 9.52 Å². The minimum absolute atomic E-state index is 0.0759. The Balaban J connectivity index is 1.72. The molecular weight excluding hydrogens is 394 g/mol. The average molecular weight is 413 g/mol. The summed E-state index contributed by atoms with van der Waals surface area (Å²) in [5.41, 5.74) is 2.97. The summed E-state index contributed by atoms with van der Waals surface area (Å²) in [4.78, 5) is 12.4. The molecular formula is C20H19N3O5S. The van der Waals surface area contributed by atoms with Crippen LogP contribution in [0.15, 0.2) is 87.4 Å². The van der Waals surface area contributed by atoms with Crippen molar-refractivity contribution in [3.63, 3.8) is 0 Å². The Morgan fingerprint density at radius 2 is 1.79 bits per heavy atom. The van der Waals surface area contributed by atoms with Crippen molar-refractivity contribution in [3.8, 4) is 5.75 Å². The number of rotatable bonds is 8. The molecule has 0 atom stereocenters. The smallest absolute Gasteiger partial charge is 0.255 e. The molecule has 3 rings (SSSR count). The standard InChI is InChI=1S/C20H19N3O5S/c24-17-10-8-16(9-11-17)13-21-22-20(25)15-23(14-18-5-4-12-28-18)29(26,27)19-6-2-1-3-7-19/h1-13,24H,14-15H2,(H,22,25)/b21-13+. The van der Waals surface area contributed by atoms with Gasteiger partial charge in [0.15, 0.2) is 0 Å². The van der Waals surface area contributed by atoms with Crippen LogP contribution >= 0.6 is 0 Å². The highest BCUT2D eigenvalue weighted by Gasteiger charge is 2.27. The SMILES string of the molecule is O=C(CN(Cc1ccco1)S(=O)(=O)c1ccccc1)N/N=C/c1ccc(O)cc1. The van der Waals surface area contributed by atoms with E-state index < -0.39 is 22.5 Å². The monoisotopic (exact) mass is 413 g/mol. The maximum Gasteiger partial charge on any atom is 0.255 e. The van der Waals surface area contributed by atoms with Crippen molar-refractivity contribution in [2.24, 2.45) is 5.10 Å². The Bertz CT molecular complexity index is 1060. The fraction of sp³-hybridized carbons (Fsp3) is 0.100. The van der Waals surface area contributed by atoms with Crippen molar-refractivity contribution < 1.29 is 22.7 Å². The topological polar surface area (TPSA) is 112 Å². The molecule has 1 heterocycles. The van der Waals surface area contributed by atoms with Gasteiger partial charge in [-0.15, -0.1) is 0 Å². The lowest BCUT2D eigenvalue weighted by Gasteiger charge is -2.20. The second kappa shape index (κ2) is 9.18. The third-order valence-electron chi connectivity index (χ3n) is 3.91. The molecule has 0 fully saturated rings. The summed E-state index contributed by atoms with van der Waals surface area (Å²) in [7, 11) is -3.92. The van der Waals surface area contributed by atoms with Gasteiger partial charge in [0.05, 0.1) is 30.5 Å². The van der Waals surface area contributed by atoms with Crippen LogP contribution in [0.4, 0.5) is 0 Å². The molecule has 2 aromatic carbocycles. The number of aromatic hydroxyl groups is 1. The highest BCUT2D eigenvalue weighted by atomic mass is 32.2. The minimum Gasteiger partial charge on any atom is -0.508 e. The molecule has 8 nitrogen and oxygen atoms in total. The zero-order chi connectivity index (χ0) is 20.7. The van der Waals surface area contributed by atoms with Crippen molar-refractivity contribution in [2.75, 3.05) is 6.54 Å². The first-order valence-electron chi connectivity index (χ1n) is 8.64. The Labute approximate surface area is 168 Å². The largest absolute Gasteiger partial charge is 0.508 e. The van der Waals surface area contributed by atoms with Crippen molar-refractivity contribution in [1.82, 2.24) is 9.73 Å². The van der Waals surface area contributed by atoms with Crippen molar-refractivity contribution in [2.45, 2.75) is 11.4 Å². The van der Waals surface area contributed by atoms with Gasteiger partial charge in [0.25, 0.3) is 5.91 Å². The second-order valence-electron chi connectivity index (χ2n) is 6.05. The van der Waals surface area contributed by atoms with Crippen molar-refractivity contribution in [3.05, 3.63) is 84.3 Å². The van der Waals surface area contributed by atoms with E-state index in [2.05, 4.69) is 10.5 Å². The van der Waals surface area contributed by atoms with E-state index >= 15 is 0 Å². The van der Waals surface area contributed by atoms with Gasteiger partial charge in [-0.1, -0.05) is 18.2 Å². The van der Waals surface area contributed by atoms with Gasteiger partial charge in [0, 0.05) is 0 Å². The van der Waals surface area contributed by atoms with E-state index in [1.54, 1.807) is 42.5 Å². The summed E-state index contributed by atoms with van der Waals surface area (Å²) in [5, 5.41) is 13.1. The number of amides is 1. The van der Waals surface area contributed by atoms with Crippen LogP contribution in [-0.2, 0) is 21.4 Å². The molecule has 9 heteroatoms. The number of benzene rings is 2. The first-order chi connectivity index (χ1) is 13.9. The molecule has 0 spiro atoms. The molecule has 0 saturated carbocycles. The predicted molar refractivity (Wildman–Crippen MR) is 107 cm³/mol. The fourth-order valence-corrected chi connectivity index (χ4v) is 3.86. The molecule has 0 saturated heterocycles. The number of phenolic OH excluding ortho intramolecular Hbond substituents is 1. The molecule has 150 valence electrons. The molecule has 0 unspecified atom stereocenters. The number of sulfonamides is 1. The van der Waals surface area contributed by atoms with Gasteiger partial charge in [-0.3, -0.25) is 4.79 Å². The number of carbonyl (C=O) groups is 1. The normalized spacial score (nSPS) is 11.8. The summed E-state index contributed by atoms with van der Waals surface area (Å²) in [6.45, 7) is -0.538. The van der Waals surface area contributed by atoms with E-state index in [1.807, 2.05) is 0 Å². The quantitative estimate of drug-likeness (QED) is 0.435. The highest BCUT2D eigenvalue weighted by Crippen LogP contribution is 2.18. The zero-order valence-corrected chi connectivity index (χ0v) is 16.1. The molecule has 0 aliphatic rings. The first-order valence-corrected chi connectivity index (χ1v) is 10.1. The highest BCUT2D eigenvalue weighted by molar-refractivity contribution is 7.89. The Morgan fingerprint density at radius 3 is 2.45 bits per heavy atom. The Hall–Kier alpha value is -3.43. The van der Waals surface area contributed by atoms with Crippen LogP contribution in [0.1, 0.15) is 11.3 Å². The van der Waals surface area contributed by atoms with Crippen LogP contribution < -0.4 is 5.43 Å². The minimum atomic E-state index is -3.92. The molecule has 3 aromatic rings. The lowest BCUT2D eigenvalue weighted by molar-refractivity contribution is -0.121. The van der Waals surface area contributed by atoms with Crippen LogP contribution in [0.5, 0.6) is 5.75 Å². The van der Waals surface area contributed by atoms with Gasteiger partial charge in [-0.2, -0.15) is 9.41 Å². The first kappa shape index (κ1) is 20.3. The third-order valence-corrected chi connectivity index (χ3v) is 5.72. The third kappa shape index (κ3) is 5.53.